The number of hydrogen-bond acceptors (Lipinski definition) is 6. The van der Waals surface area contributed by atoms with Crippen LogP contribution in [0.2, 0.25) is 0 Å². The third kappa shape index (κ3) is 5.43. The van der Waals surface area contributed by atoms with Gasteiger partial charge in [0.05, 0.1) is 18.1 Å². The van der Waals surface area contributed by atoms with Crippen molar-refractivity contribution in [3.63, 3.8) is 0 Å². The Morgan fingerprint density at radius 2 is 1.74 bits per heavy atom. The summed E-state index contributed by atoms with van der Waals surface area (Å²) in [4.78, 5) is 12.6. The first kappa shape index (κ1) is 23.4. The number of morpholine rings is 1. The van der Waals surface area contributed by atoms with Crippen molar-refractivity contribution in [2.45, 2.75) is 11.4 Å². The number of hydrogen-bond donors (Lipinski definition) is 1. The third-order valence-electron chi connectivity index (χ3n) is 5.32. The number of nitrogens with one attached hydrogen (secondary N) is 1. The predicted molar refractivity (Wildman–Crippen MR) is 126 cm³/mol. The number of benzene rings is 2. The number of carbonyl (C=O) groups is 1. The maximum atomic E-state index is 12.8. The van der Waals surface area contributed by atoms with Gasteiger partial charge in [-0.15, -0.1) is 0 Å². The molecule has 1 aromatic heterocycles. The lowest BCUT2D eigenvalue weighted by Crippen LogP contribution is -2.40. The average molecular weight is 478 g/mol. The lowest BCUT2D eigenvalue weighted by molar-refractivity contribution is -0.117. The smallest absolute Gasteiger partial charge is 0.262 e. The Balaban J connectivity index is 1.45. The molecule has 0 bridgehead atoms. The fourth-order valence-electron chi connectivity index (χ4n) is 3.48. The van der Waals surface area contributed by atoms with Crippen LogP contribution in [-0.2, 0) is 26.1 Å². The van der Waals surface area contributed by atoms with Crippen molar-refractivity contribution in [2.75, 3.05) is 26.3 Å². The van der Waals surface area contributed by atoms with E-state index in [1.54, 1.807) is 24.3 Å². The molecule has 34 heavy (non-hydrogen) atoms. The minimum atomic E-state index is -3.58. The van der Waals surface area contributed by atoms with E-state index in [2.05, 4.69) is 5.32 Å². The lowest BCUT2D eigenvalue weighted by Gasteiger charge is -2.26. The van der Waals surface area contributed by atoms with Gasteiger partial charge in [-0.2, -0.15) is 9.57 Å². The van der Waals surface area contributed by atoms with Gasteiger partial charge in [-0.1, -0.05) is 30.3 Å². The van der Waals surface area contributed by atoms with E-state index in [1.165, 1.54) is 22.5 Å². The Kier molecular flexibility index (Phi) is 7.23. The molecule has 3 aromatic rings. The van der Waals surface area contributed by atoms with Gasteiger partial charge in [0.1, 0.15) is 23.2 Å². The maximum Gasteiger partial charge on any atom is 0.262 e. The van der Waals surface area contributed by atoms with Gasteiger partial charge in [-0.25, -0.2) is 8.42 Å². The molecule has 9 heteroatoms. The second-order valence-electron chi connectivity index (χ2n) is 7.58. The molecule has 1 aliphatic rings. The number of rotatable bonds is 7. The summed E-state index contributed by atoms with van der Waals surface area (Å²) < 4.78 is 38.0. The van der Waals surface area contributed by atoms with Crippen molar-refractivity contribution in [3.05, 3.63) is 83.6 Å². The Morgan fingerprint density at radius 1 is 1.03 bits per heavy atom. The van der Waals surface area contributed by atoms with Gasteiger partial charge < -0.3 is 14.5 Å². The first-order chi connectivity index (χ1) is 16.5. The van der Waals surface area contributed by atoms with E-state index >= 15 is 0 Å². The molecule has 8 nitrogen and oxygen atoms in total. The zero-order chi connectivity index (χ0) is 24.0. The van der Waals surface area contributed by atoms with Crippen molar-refractivity contribution >= 4 is 22.0 Å². The summed E-state index contributed by atoms with van der Waals surface area (Å²) in [6.45, 7) is 1.74. The van der Waals surface area contributed by atoms with Crippen LogP contribution in [0.1, 0.15) is 11.3 Å². The number of nitriles is 1. The maximum absolute atomic E-state index is 12.8. The van der Waals surface area contributed by atoms with Gasteiger partial charge in [0.2, 0.25) is 10.0 Å². The van der Waals surface area contributed by atoms with Gasteiger partial charge in [0, 0.05) is 31.3 Å². The molecule has 2 aromatic carbocycles. The highest BCUT2D eigenvalue weighted by atomic mass is 32.2. The normalized spacial score (nSPS) is 15.0. The summed E-state index contributed by atoms with van der Waals surface area (Å²) in [6.07, 6.45) is 1.38. The molecule has 1 amide bonds. The SMILES string of the molecule is N#C/C(=C\c1ccc(-c2ccc(S(=O)(=O)N3CCOCC3)cc2)o1)C(=O)NCc1ccccc1. The van der Waals surface area contributed by atoms with Gasteiger partial charge in [-0.05, 0) is 42.0 Å². The molecule has 1 fully saturated rings. The van der Waals surface area contributed by atoms with Crippen LogP contribution in [0.15, 0.2) is 81.6 Å². The molecule has 0 spiro atoms. The van der Waals surface area contributed by atoms with Gasteiger partial charge in [0.15, 0.2) is 0 Å². The molecule has 1 N–H and O–H groups in total. The molecule has 0 atom stereocenters. The molecule has 0 saturated carbocycles. The molecule has 0 aliphatic carbocycles. The predicted octanol–water partition coefficient (Wildman–Crippen LogP) is 3.19. The number of ether oxygens (including phenoxy) is 1. The monoisotopic (exact) mass is 477 g/mol. The lowest BCUT2D eigenvalue weighted by atomic mass is 10.2. The highest BCUT2D eigenvalue weighted by Crippen LogP contribution is 2.26. The van der Waals surface area contributed by atoms with Crippen LogP contribution in [0.25, 0.3) is 17.4 Å². The molecule has 1 saturated heterocycles. The summed E-state index contributed by atoms with van der Waals surface area (Å²) in [5.41, 5.74) is 1.52. The van der Waals surface area contributed by atoms with Crippen LogP contribution in [0.4, 0.5) is 0 Å². The largest absolute Gasteiger partial charge is 0.457 e. The zero-order valence-corrected chi connectivity index (χ0v) is 19.1. The van der Waals surface area contributed by atoms with Gasteiger partial charge in [-0.3, -0.25) is 4.79 Å². The summed E-state index contributed by atoms with van der Waals surface area (Å²) in [7, 11) is -3.58. The molecule has 1 aliphatic heterocycles. The van der Waals surface area contributed by atoms with E-state index in [-0.39, 0.29) is 10.5 Å². The molecule has 0 unspecified atom stereocenters. The first-order valence-corrected chi connectivity index (χ1v) is 12.1. The Bertz CT molecular complexity index is 1320. The number of sulfonamides is 1. The highest BCUT2D eigenvalue weighted by Gasteiger charge is 2.26. The van der Waals surface area contributed by atoms with E-state index in [9.17, 15) is 18.5 Å². The van der Waals surface area contributed by atoms with Crippen LogP contribution in [-0.4, -0.2) is 44.9 Å². The second-order valence-corrected chi connectivity index (χ2v) is 9.52. The van der Waals surface area contributed by atoms with Crippen LogP contribution >= 0.6 is 0 Å². The molecular weight excluding hydrogens is 454 g/mol. The van der Waals surface area contributed by atoms with E-state index in [1.807, 2.05) is 36.4 Å². The number of nitrogens with zero attached hydrogens (tertiary/aromatic N) is 2. The highest BCUT2D eigenvalue weighted by molar-refractivity contribution is 7.89. The second kappa shape index (κ2) is 10.5. The average Bonchev–Trinajstić information content (AvgIpc) is 3.36. The van der Waals surface area contributed by atoms with Crippen LogP contribution in [0.5, 0.6) is 0 Å². The van der Waals surface area contributed by atoms with Gasteiger partial charge >= 0.3 is 0 Å². The van der Waals surface area contributed by atoms with Crippen molar-refractivity contribution in [2.24, 2.45) is 0 Å². The first-order valence-electron chi connectivity index (χ1n) is 10.7. The minimum absolute atomic E-state index is 0.0798. The fourth-order valence-corrected chi connectivity index (χ4v) is 4.88. The molecule has 2 heterocycles. The molecule has 174 valence electrons. The summed E-state index contributed by atoms with van der Waals surface area (Å²) in [5, 5.41) is 12.1. The molecule has 0 radical (unpaired) electrons. The Hall–Kier alpha value is -3.71. The van der Waals surface area contributed by atoms with Gasteiger partial charge in [0.25, 0.3) is 5.91 Å². The Morgan fingerprint density at radius 3 is 2.41 bits per heavy atom. The summed E-state index contributed by atoms with van der Waals surface area (Å²) >= 11 is 0. The van der Waals surface area contributed by atoms with Crippen LogP contribution in [0.3, 0.4) is 0 Å². The van der Waals surface area contributed by atoms with E-state index < -0.39 is 15.9 Å². The van der Waals surface area contributed by atoms with Crippen molar-refractivity contribution in [3.8, 4) is 17.4 Å². The van der Waals surface area contributed by atoms with E-state index in [0.29, 0.717) is 49.9 Å². The van der Waals surface area contributed by atoms with E-state index in [0.717, 1.165) is 5.56 Å². The zero-order valence-electron chi connectivity index (χ0n) is 18.3. The quantitative estimate of drug-likeness (QED) is 0.413. The Labute approximate surface area is 198 Å². The van der Waals surface area contributed by atoms with Crippen molar-refractivity contribution in [1.82, 2.24) is 9.62 Å². The fraction of sp³-hybridized carbons (Fsp3) is 0.200. The number of carbonyl (C=O) groups excluding carboxylic acids is 1. The van der Waals surface area contributed by atoms with Crippen LogP contribution in [0, 0.1) is 11.3 Å². The van der Waals surface area contributed by atoms with Crippen molar-refractivity contribution in [1.29, 1.82) is 5.26 Å². The molecular formula is C25H23N3O5S. The minimum Gasteiger partial charge on any atom is -0.457 e. The summed E-state index contributed by atoms with van der Waals surface area (Å²) in [5.74, 6) is 0.331. The number of furan rings is 1. The van der Waals surface area contributed by atoms with Crippen molar-refractivity contribution < 1.29 is 22.4 Å². The molecule has 4 rings (SSSR count). The summed E-state index contributed by atoms with van der Waals surface area (Å²) in [6, 6.07) is 21.0. The third-order valence-corrected chi connectivity index (χ3v) is 7.23. The van der Waals surface area contributed by atoms with E-state index in [4.69, 9.17) is 9.15 Å². The topological polar surface area (TPSA) is 113 Å². The standard InChI is InChI=1S/C25H23N3O5S/c26-17-21(25(29)27-18-19-4-2-1-3-5-19)16-22-8-11-24(33-22)20-6-9-23(10-7-20)34(30,31)28-12-14-32-15-13-28/h1-11,16H,12-15,18H2,(H,27,29)/b21-16+. The van der Waals surface area contributed by atoms with Crippen LogP contribution < -0.4 is 5.32 Å². The number of amides is 1.